The third kappa shape index (κ3) is 6.43. The number of halogens is 2. The van der Waals surface area contributed by atoms with E-state index in [9.17, 15) is 18.5 Å². The van der Waals surface area contributed by atoms with Gasteiger partial charge in [-0.1, -0.05) is 46.3 Å². The second-order valence-corrected chi connectivity index (χ2v) is 10.5. The molecule has 0 spiro atoms. The first-order chi connectivity index (χ1) is 14.8. The fourth-order valence-corrected chi connectivity index (χ4v) is 6.08. The predicted octanol–water partition coefficient (Wildman–Crippen LogP) is 2.91. The molecule has 2 aromatic rings. The molecule has 8 nitrogen and oxygen atoms in total. The topological polar surface area (TPSA) is 114 Å². The largest absolute Gasteiger partial charge is 0.336 e. The molecule has 2 aromatic carbocycles. The molecule has 0 aliphatic carbocycles. The minimum Gasteiger partial charge on any atom is -0.336 e. The zero-order chi connectivity index (χ0) is 22.4. The van der Waals surface area contributed by atoms with Gasteiger partial charge in [0.25, 0.3) is 0 Å². The minimum atomic E-state index is -3.79. The maximum atomic E-state index is 12.8. The molecule has 11 heteroatoms. The van der Waals surface area contributed by atoms with E-state index < -0.39 is 16.1 Å². The summed E-state index contributed by atoms with van der Waals surface area (Å²) in [4.78, 5) is 13.7. The number of carbonyl (C=O) groups excluding carboxylic acids is 1. The van der Waals surface area contributed by atoms with E-state index >= 15 is 0 Å². The predicted molar refractivity (Wildman–Crippen MR) is 123 cm³/mol. The molecule has 0 aromatic heterocycles. The molecule has 1 heterocycles. The molecule has 164 valence electrons. The summed E-state index contributed by atoms with van der Waals surface area (Å²) in [7, 11) is -3.79. The molecule has 1 aliphatic heterocycles. The van der Waals surface area contributed by atoms with Gasteiger partial charge < -0.3 is 15.5 Å². The summed E-state index contributed by atoms with van der Waals surface area (Å²) in [5.41, 5.74) is 0.977. The summed E-state index contributed by atoms with van der Waals surface area (Å²) in [5, 5.41) is 14.9. The summed E-state index contributed by atoms with van der Waals surface area (Å²) in [5.74, 6) is 0. The first-order valence-corrected chi connectivity index (χ1v) is 12.5. The highest BCUT2D eigenvalue weighted by molar-refractivity contribution is 9.11. The van der Waals surface area contributed by atoms with Gasteiger partial charge in [0.05, 0.1) is 10.9 Å². The van der Waals surface area contributed by atoms with Gasteiger partial charge in [0.15, 0.2) is 6.19 Å². The molecule has 3 N–H and O–H groups in total. The third-order valence-electron chi connectivity index (χ3n) is 4.84. The lowest BCUT2D eigenvalue weighted by atomic mass is 10.2. The molecule has 0 radical (unpaired) electrons. The summed E-state index contributed by atoms with van der Waals surface area (Å²) in [6, 6.07) is 13.3. The SMILES string of the molecule is N#CN1CC(NS(=O)(=O)c2cc(Br)ccc2Br)CC1CNC(=O)NCc1ccccc1. The second kappa shape index (κ2) is 10.5. The van der Waals surface area contributed by atoms with E-state index in [1.54, 1.807) is 12.1 Å². The molecule has 1 saturated heterocycles. The van der Waals surface area contributed by atoms with E-state index in [4.69, 9.17) is 0 Å². The number of urea groups is 1. The van der Waals surface area contributed by atoms with E-state index in [-0.39, 0.29) is 30.1 Å². The number of hydrogen-bond acceptors (Lipinski definition) is 5. The number of likely N-dealkylation sites (tertiary alicyclic amines) is 1. The van der Waals surface area contributed by atoms with E-state index in [2.05, 4.69) is 53.4 Å². The standard InChI is InChI=1S/C20H21Br2N5O3S/c21-15-6-7-18(22)19(8-15)31(29,30)26-16-9-17(27(12-16)13-23)11-25-20(28)24-10-14-4-2-1-3-5-14/h1-8,16-17,26H,9-12H2,(H2,24,25,28). The molecule has 2 unspecified atom stereocenters. The van der Waals surface area contributed by atoms with Gasteiger partial charge in [-0.3, -0.25) is 0 Å². The Morgan fingerprint density at radius 3 is 2.61 bits per heavy atom. The molecule has 2 amide bonds. The third-order valence-corrected chi connectivity index (χ3v) is 7.85. The van der Waals surface area contributed by atoms with Crippen molar-refractivity contribution in [1.82, 2.24) is 20.3 Å². The molecule has 1 fully saturated rings. The molecule has 0 bridgehead atoms. The van der Waals surface area contributed by atoms with Gasteiger partial charge in [-0.2, -0.15) is 5.26 Å². The fraction of sp³-hybridized carbons (Fsp3) is 0.300. The van der Waals surface area contributed by atoms with Gasteiger partial charge in [-0.15, -0.1) is 0 Å². The number of carbonyl (C=O) groups is 1. The Kier molecular flexibility index (Phi) is 7.94. The Morgan fingerprint density at radius 2 is 1.90 bits per heavy atom. The summed E-state index contributed by atoms with van der Waals surface area (Å²) >= 11 is 6.55. The Hall–Kier alpha value is -2.13. The smallest absolute Gasteiger partial charge is 0.315 e. The summed E-state index contributed by atoms with van der Waals surface area (Å²) < 4.78 is 29.4. The average Bonchev–Trinajstić information content (AvgIpc) is 3.14. The van der Waals surface area contributed by atoms with Crippen LogP contribution in [-0.2, 0) is 16.6 Å². The lowest BCUT2D eigenvalue weighted by Crippen LogP contribution is -2.42. The number of nitrogens with one attached hydrogen (secondary N) is 3. The lowest BCUT2D eigenvalue weighted by molar-refractivity contribution is 0.236. The van der Waals surface area contributed by atoms with Crippen LogP contribution in [0, 0.1) is 11.5 Å². The Bertz CT molecular complexity index is 1080. The highest BCUT2D eigenvalue weighted by Gasteiger charge is 2.35. The Balaban J connectivity index is 1.55. The van der Waals surface area contributed by atoms with Crippen LogP contribution in [0.2, 0.25) is 0 Å². The molecule has 2 atom stereocenters. The van der Waals surface area contributed by atoms with Crippen molar-refractivity contribution in [2.75, 3.05) is 13.1 Å². The number of sulfonamides is 1. The van der Waals surface area contributed by atoms with Crippen molar-refractivity contribution >= 4 is 47.9 Å². The van der Waals surface area contributed by atoms with Crippen molar-refractivity contribution in [3.05, 3.63) is 63.0 Å². The zero-order valence-corrected chi connectivity index (χ0v) is 20.4. The van der Waals surface area contributed by atoms with Crippen LogP contribution < -0.4 is 15.4 Å². The monoisotopic (exact) mass is 569 g/mol. The molecule has 31 heavy (non-hydrogen) atoms. The number of nitrogens with zero attached hydrogens (tertiary/aromatic N) is 2. The van der Waals surface area contributed by atoms with E-state index in [1.807, 2.05) is 30.3 Å². The van der Waals surface area contributed by atoms with Gasteiger partial charge in [0, 0.05) is 34.6 Å². The number of amides is 2. The van der Waals surface area contributed by atoms with Crippen LogP contribution in [0.1, 0.15) is 12.0 Å². The zero-order valence-electron chi connectivity index (χ0n) is 16.4. The van der Waals surface area contributed by atoms with Crippen LogP contribution in [0.4, 0.5) is 4.79 Å². The fourth-order valence-electron chi connectivity index (χ4n) is 3.34. The van der Waals surface area contributed by atoms with Crippen LogP contribution >= 0.6 is 31.9 Å². The van der Waals surface area contributed by atoms with Crippen molar-refractivity contribution in [2.24, 2.45) is 0 Å². The van der Waals surface area contributed by atoms with Crippen molar-refractivity contribution in [3.8, 4) is 6.19 Å². The summed E-state index contributed by atoms with van der Waals surface area (Å²) in [6.45, 7) is 0.857. The van der Waals surface area contributed by atoms with Crippen molar-refractivity contribution < 1.29 is 13.2 Å². The van der Waals surface area contributed by atoms with E-state index in [0.717, 1.165) is 5.56 Å². The van der Waals surface area contributed by atoms with Gasteiger partial charge in [-0.25, -0.2) is 17.9 Å². The molecule has 1 aliphatic rings. The molecular weight excluding hydrogens is 550 g/mol. The van der Waals surface area contributed by atoms with Crippen LogP contribution in [-0.4, -0.2) is 44.5 Å². The Morgan fingerprint density at radius 1 is 1.16 bits per heavy atom. The van der Waals surface area contributed by atoms with Gasteiger partial charge in [0.2, 0.25) is 10.0 Å². The van der Waals surface area contributed by atoms with E-state index in [1.165, 1.54) is 11.0 Å². The minimum absolute atomic E-state index is 0.118. The molecular formula is C20H21Br2N5O3S. The first-order valence-electron chi connectivity index (χ1n) is 9.48. The molecule has 0 saturated carbocycles. The maximum Gasteiger partial charge on any atom is 0.315 e. The number of rotatable bonds is 7. The van der Waals surface area contributed by atoms with Crippen molar-refractivity contribution in [3.63, 3.8) is 0 Å². The van der Waals surface area contributed by atoms with Crippen LogP contribution in [0.5, 0.6) is 0 Å². The van der Waals surface area contributed by atoms with Gasteiger partial charge in [-0.05, 0) is 46.1 Å². The van der Waals surface area contributed by atoms with Crippen LogP contribution in [0.15, 0.2) is 62.4 Å². The number of nitriles is 1. The van der Waals surface area contributed by atoms with Crippen LogP contribution in [0.25, 0.3) is 0 Å². The highest BCUT2D eigenvalue weighted by Crippen LogP contribution is 2.27. The van der Waals surface area contributed by atoms with Gasteiger partial charge in [0.1, 0.15) is 0 Å². The van der Waals surface area contributed by atoms with Crippen molar-refractivity contribution in [2.45, 2.75) is 29.9 Å². The number of hydrogen-bond donors (Lipinski definition) is 3. The van der Waals surface area contributed by atoms with E-state index in [0.29, 0.717) is 21.9 Å². The average molecular weight is 571 g/mol. The van der Waals surface area contributed by atoms with Crippen LogP contribution in [0.3, 0.4) is 0 Å². The highest BCUT2D eigenvalue weighted by atomic mass is 79.9. The number of benzene rings is 2. The lowest BCUT2D eigenvalue weighted by Gasteiger charge is -2.18. The second-order valence-electron chi connectivity index (χ2n) is 7.08. The summed E-state index contributed by atoms with van der Waals surface area (Å²) in [6.07, 6.45) is 2.48. The molecule has 3 rings (SSSR count). The van der Waals surface area contributed by atoms with Crippen molar-refractivity contribution in [1.29, 1.82) is 5.26 Å². The Labute approximate surface area is 198 Å². The van der Waals surface area contributed by atoms with Gasteiger partial charge >= 0.3 is 6.03 Å². The quantitative estimate of drug-likeness (QED) is 0.443. The maximum absolute atomic E-state index is 12.8. The first kappa shape index (κ1) is 23.5. The normalized spacial score (nSPS) is 18.4.